The Morgan fingerprint density at radius 1 is 1.22 bits per heavy atom. The number of halogens is 1. The molecule has 0 bridgehead atoms. The number of amides is 1. The van der Waals surface area contributed by atoms with E-state index in [9.17, 15) is 9.00 Å². The first kappa shape index (κ1) is 17.7. The summed E-state index contributed by atoms with van der Waals surface area (Å²) in [5.74, 6) is 0.644. The summed E-state index contributed by atoms with van der Waals surface area (Å²) >= 11 is 3.43. The Morgan fingerprint density at radius 3 is 2.43 bits per heavy atom. The molecular weight excluding hydrogens is 378 g/mol. The number of hydrogen-bond donors (Lipinski definition) is 0. The van der Waals surface area contributed by atoms with Crippen LogP contribution in [0.25, 0.3) is 0 Å². The van der Waals surface area contributed by atoms with Crippen LogP contribution in [0.3, 0.4) is 0 Å². The molecule has 0 unspecified atom stereocenters. The van der Waals surface area contributed by atoms with Crippen molar-refractivity contribution in [2.45, 2.75) is 11.4 Å². The summed E-state index contributed by atoms with van der Waals surface area (Å²) in [4.78, 5) is 14.8. The second kappa shape index (κ2) is 7.75. The summed E-state index contributed by atoms with van der Waals surface area (Å²) in [5, 5.41) is 0. The van der Waals surface area contributed by atoms with Gasteiger partial charge in [-0.2, -0.15) is 0 Å². The van der Waals surface area contributed by atoms with Crippen LogP contribution in [0.15, 0.2) is 51.8 Å². The molecule has 0 fully saturated rings. The van der Waals surface area contributed by atoms with Gasteiger partial charge in [0.05, 0.1) is 7.11 Å². The van der Waals surface area contributed by atoms with Crippen LogP contribution >= 0.6 is 15.9 Å². The number of rotatable bonds is 5. The van der Waals surface area contributed by atoms with Gasteiger partial charge in [-0.05, 0) is 42.5 Å². The minimum atomic E-state index is -1.05. The molecule has 122 valence electrons. The van der Waals surface area contributed by atoms with Crippen LogP contribution in [0.2, 0.25) is 0 Å². The Hall–Kier alpha value is -1.66. The summed E-state index contributed by atoms with van der Waals surface area (Å²) in [6.45, 7) is 0.433. The highest BCUT2D eigenvalue weighted by atomic mass is 79.9. The van der Waals surface area contributed by atoms with Gasteiger partial charge in [0.2, 0.25) is 0 Å². The lowest BCUT2D eigenvalue weighted by Gasteiger charge is -2.19. The number of hydrogen-bond acceptors (Lipinski definition) is 3. The average Bonchev–Trinajstić information content (AvgIpc) is 2.54. The standard InChI is InChI=1S/C17H18BrNO3S/c1-19(11-13-10-14(18)6-9-16(13)22-2)17(20)12-4-7-15(8-5-12)23(3)21/h4-10H,11H2,1-3H3/t23-/m0/s1. The number of ether oxygens (including phenoxy) is 1. The molecule has 2 aromatic rings. The van der Waals surface area contributed by atoms with Crippen molar-refractivity contribution in [2.24, 2.45) is 0 Å². The Balaban J connectivity index is 2.17. The number of benzene rings is 2. The normalized spacial score (nSPS) is 11.8. The van der Waals surface area contributed by atoms with Crippen LogP contribution in [0.5, 0.6) is 5.75 Å². The van der Waals surface area contributed by atoms with Gasteiger partial charge < -0.3 is 9.64 Å². The molecular formula is C17H18BrNO3S. The van der Waals surface area contributed by atoms with Crippen LogP contribution < -0.4 is 4.74 Å². The minimum absolute atomic E-state index is 0.0968. The molecule has 23 heavy (non-hydrogen) atoms. The molecule has 6 heteroatoms. The van der Waals surface area contributed by atoms with Crippen LogP contribution in [0.1, 0.15) is 15.9 Å². The molecule has 0 aromatic heterocycles. The maximum atomic E-state index is 12.5. The Morgan fingerprint density at radius 2 is 1.87 bits per heavy atom. The summed E-state index contributed by atoms with van der Waals surface area (Å²) < 4.78 is 17.7. The fraction of sp³-hybridized carbons (Fsp3) is 0.235. The summed E-state index contributed by atoms with van der Waals surface area (Å²) in [5.41, 5.74) is 1.49. The molecule has 0 aliphatic carbocycles. The summed E-state index contributed by atoms with van der Waals surface area (Å²) in [6.07, 6.45) is 1.61. The third-order valence-corrected chi connectivity index (χ3v) is 4.86. The molecule has 4 nitrogen and oxygen atoms in total. The van der Waals surface area contributed by atoms with Crippen LogP contribution in [0, 0.1) is 0 Å². The minimum Gasteiger partial charge on any atom is -0.496 e. The van der Waals surface area contributed by atoms with E-state index in [1.54, 1.807) is 49.6 Å². The topological polar surface area (TPSA) is 46.6 Å². The zero-order valence-corrected chi connectivity index (χ0v) is 15.6. The number of carbonyl (C=O) groups is 1. The van der Waals surface area contributed by atoms with Crippen LogP contribution in [-0.2, 0) is 17.3 Å². The van der Waals surface area contributed by atoms with Crippen molar-refractivity contribution in [3.8, 4) is 5.75 Å². The van der Waals surface area contributed by atoms with E-state index in [4.69, 9.17) is 4.74 Å². The molecule has 2 aromatic carbocycles. The quantitative estimate of drug-likeness (QED) is 0.778. The zero-order valence-electron chi connectivity index (χ0n) is 13.2. The van der Waals surface area contributed by atoms with E-state index in [-0.39, 0.29) is 5.91 Å². The molecule has 0 saturated heterocycles. The predicted molar refractivity (Wildman–Crippen MR) is 95.3 cm³/mol. The van der Waals surface area contributed by atoms with Gasteiger partial charge in [-0.25, -0.2) is 0 Å². The Labute approximate surface area is 147 Å². The van der Waals surface area contributed by atoms with E-state index in [2.05, 4.69) is 15.9 Å². The fourth-order valence-corrected chi connectivity index (χ4v) is 3.14. The highest BCUT2D eigenvalue weighted by Crippen LogP contribution is 2.24. The van der Waals surface area contributed by atoms with Crippen molar-refractivity contribution in [1.29, 1.82) is 0 Å². The molecule has 0 saturated carbocycles. The van der Waals surface area contributed by atoms with E-state index in [0.717, 1.165) is 15.8 Å². The number of nitrogens with zero attached hydrogens (tertiary/aromatic N) is 1. The third-order valence-electron chi connectivity index (χ3n) is 3.43. The van der Waals surface area contributed by atoms with Gasteiger partial charge in [-0.1, -0.05) is 15.9 Å². The van der Waals surface area contributed by atoms with Crippen molar-refractivity contribution in [3.05, 3.63) is 58.1 Å². The average molecular weight is 396 g/mol. The molecule has 2 rings (SSSR count). The summed E-state index contributed by atoms with van der Waals surface area (Å²) in [6, 6.07) is 12.5. The SMILES string of the molecule is COc1ccc(Br)cc1CN(C)C(=O)c1ccc([S@](C)=O)cc1. The fourth-order valence-electron chi connectivity index (χ4n) is 2.21. The van der Waals surface area contributed by atoms with Crippen LogP contribution in [0.4, 0.5) is 0 Å². The third kappa shape index (κ3) is 4.42. The van der Waals surface area contributed by atoms with E-state index in [1.165, 1.54) is 0 Å². The van der Waals surface area contributed by atoms with Crippen molar-refractivity contribution in [3.63, 3.8) is 0 Å². The van der Waals surface area contributed by atoms with Crippen molar-refractivity contribution >= 4 is 32.6 Å². The van der Waals surface area contributed by atoms with Gasteiger partial charge in [0.15, 0.2) is 0 Å². The van der Waals surface area contributed by atoms with Gasteiger partial charge in [-0.15, -0.1) is 0 Å². The van der Waals surface area contributed by atoms with Gasteiger partial charge in [0.1, 0.15) is 5.75 Å². The monoisotopic (exact) mass is 395 g/mol. The second-order valence-corrected chi connectivity index (χ2v) is 7.39. The van der Waals surface area contributed by atoms with E-state index >= 15 is 0 Å². The lowest BCUT2D eigenvalue weighted by atomic mass is 10.1. The van der Waals surface area contributed by atoms with Crippen molar-refractivity contribution in [1.82, 2.24) is 4.90 Å². The molecule has 0 N–H and O–H groups in total. The first-order valence-electron chi connectivity index (χ1n) is 6.93. The van der Waals surface area contributed by atoms with Gasteiger partial charge >= 0.3 is 0 Å². The number of carbonyl (C=O) groups excluding carboxylic acids is 1. The van der Waals surface area contributed by atoms with Gasteiger partial charge in [0, 0.05) is 51.1 Å². The van der Waals surface area contributed by atoms with Crippen molar-refractivity contribution in [2.75, 3.05) is 20.4 Å². The smallest absolute Gasteiger partial charge is 0.253 e. The molecule has 1 amide bonds. The lowest BCUT2D eigenvalue weighted by molar-refractivity contribution is 0.0784. The number of methoxy groups -OCH3 is 1. The predicted octanol–water partition coefficient (Wildman–Crippen LogP) is 3.47. The molecule has 0 spiro atoms. The lowest BCUT2D eigenvalue weighted by Crippen LogP contribution is -2.26. The van der Waals surface area contributed by atoms with Crippen LogP contribution in [-0.4, -0.2) is 35.4 Å². The second-order valence-electron chi connectivity index (χ2n) is 5.10. The molecule has 0 aliphatic heterocycles. The van der Waals surface area contributed by atoms with E-state index in [1.807, 2.05) is 18.2 Å². The molecule has 0 radical (unpaired) electrons. The molecule has 0 aliphatic rings. The first-order valence-corrected chi connectivity index (χ1v) is 9.29. The summed E-state index contributed by atoms with van der Waals surface area (Å²) in [7, 11) is 2.31. The van der Waals surface area contributed by atoms with Crippen molar-refractivity contribution < 1.29 is 13.7 Å². The maximum absolute atomic E-state index is 12.5. The van der Waals surface area contributed by atoms with Gasteiger partial charge in [0.25, 0.3) is 5.91 Å². The maximum Gasteiger partial charge on any atom is 0.253 e. The molecule has 1 atom stereocenters. The highest BCUT2D eigenvalue weighted by Gasteiger charge is 2.14. The van der Waals surface area contributed by atoms with Gasteiger partial charge in [-0.3, -0.25) is 9.00 Å². The Kier molecular flexibility index (Phi) is 5.96. The highest BCUT2D eigenvalue weighted by molar-refractivity contribution is 9.10. The largest absolute Gasteiger partial charge is 0.496 e. The van der Waals surface area contributed by atoms with E-state index < -0.39 is 10.8 Å². The first-order chi connectivity index (χ1) is 10.9. The van der Waals surface area contributed by atoms with E-state index in [0.29, 0.717) is 17.0 Å². The zero-order chi connectivity index (χ0) is 17.0. The Bertz CT molecular complexity index is 731. The molecule has 0 heterocycles.